The van der Waals surface area contributed by atoms with E-state index in [2.05, 4.69) is 15.7 Å². The third kappa shape index (κ3) is 5.63. The molecule has 0 amide bonds. The molecule has 1 aromatic carbocycles. The minimum Gasteiger partial charge on any atom is -0.497 e. The standard InChI is InChI=1S/C16H19F3N4OS/c1-11-9-14(16(17,18)19)22-23(11)8-4-7-20-15(25)21-12-5-3-6-13(10-12)24-2/h3,5-6,9-10H,4,7-8H2,1-2H3,(H2,20,21,25). The van der Waals surface area contributed by atoms with Crippen LogP contribution in [-0.2, 0) is 12.7 Å². The number of nitrogens with zero attached hydrogens (tertiary/aromatic N) is 2. The first-order chi connectivity index (χ1) is 11.8. The van der Waals surface area contributed by atoms with Crippen LogP contribution in [0.5, 0.6) is 5.75 Å². The van der Waals surface area contributed by atoms with E-state index in [-0.39, 0.29) is 0 Å². The summed E-state index contributed by atoms with van der Waals surface area (Å²) in [6, 6.07) is 8.36. The molecule has 25 heavy (non-hydrogen) atoms. The number of aryl methyl sites for hydroxylation is 2. The summed E-state index contributed by atoms with van der Waals surface area (Å²) in [4.78, 5) is 0. The molecule has 2 aromatic rings. The summed E-state index contributed by atoms with van der Waals surface area (Å²) in [5.41, 5.74) is 0.396. The van der Waals surface area contributed by atoms with Gasteiger partial charge < -0.3 is 15.4 Å². The molecular weight excluding hydrogens is 353 g/mol. The Balaban J connectivity index is 1.77. The number of rotatable bonds is 6. The number of ether oxygens (including phenoxy) is 1. The molecule has 0 aliphatic heterocycles. The van der Waals surface area contributed by atoms with E-state index in [1.54, 1.807) is 20.1 Å². The molecule has 2 rings (SSSR count). The van der Waals surface area contributed by atoms with Crippen molar-refractivity contribution in [3.63, 3.8) is 0 Å². The van der Waals surface area contributed by atoms with E-state index in [1.165, 1.54) is 4.68 Å². The molecule has 0 atom stereocenters. The maximum absolute atomic E-state index is 12.6. The monoisotopic (exact) mass is 372 g/mol. The Morgan fingerprint density at radius 3 is 2.72 bits per heavy atom. The van der Waals surface area contributed by atoms with Gasteiger partial charge in [-0.2, -0.15) is 18.3 Å². The van der Waals surface area contributed by atoms with Gasteiger partial charge in [0, 0.05) is 30.5 Å². The summed E-state index contributed by atoms with van der Waals surface area (Å²) in [5.74, 6) is 0.711. The molecule has 1 heterocycles. The van der Waals surface area contributed by atoms with E-state index >= 15 is 0 Å². The Morgan fingerprint density at radius 2 is 2.08 bits per heavy atom. The molecule has 0 saturated carbocycles. The fourth-order valence-corrected chi connectivity index (χ4v) is 2.40. The van der Waals surface area contributed by atoms with Gasteiger partial charge in [0.25, 0.3) is 0 Å². The molecule has 9 heteroatoms. The molecule has 0 saturated heterocycles. The van der Waals surface area contributed by atoms with Crippen LogP contribution in [0.2, 0.25) is 0 Å². The van der Waals surface area contributed by atoms with Crippen molar-refractivity contribution in [2.24, 2.45) is 0 Å². The number of nitrogens with one attached hydrogen (secondary N) is 2. The molecule has 0 unspecified atom stereocenters. The highest BCUT2D eigenvalue weighted by molar-refractivity contribution is 7.80. The quantitative estimate of drug-likeness (QED) is 0.599. The van der Waals surface area contributed by atoms with Gasteiger partial charge in [-0.3, -0.25) is 4.68 Å². The summed E-state index contributed by atoms with van der Waals surface area (Å²) >= 11 is 5.19. The number of thiocarbonyl (C=S) groups is 1. The normalized spacial score (nSPS) is 11.2. The molecule has 2 N–H and O–H groups in total. The lowest BCUT2D eigenvalue weighted by molar-refractivity contribution is -0.141. The number of methoxy groups -OCH3 is 1. The van der Waals surface area contributed by atoms with E-state index in [9.17, 15) is 13.2 Å². The van der Waals surface area contributed by atoms with Gasteiger partial charge in [0.1, 0.15) is 5.75 Å². The van der Waals surface area contributed by atoms with Gasteiger partial charge >= 0.3 is 6.18 Å². The summed E-state index contributed by atoms with van der Waals surface area (Å²) in [7, 11) is 1.58. The molecule has 0 radical (unpaired) electrons. The molecule has 1 aromatic heterocycles. The summed E-state index contributed by atoms with van der Waals surface area (Å²) in [5, 5.41) is 10.0. The number of halogens is 3. The Labute approximate surface area is 149 Å². The summed E-state index contributed by atoms with van der Waals surface area (Å²) in [6.07, 6.45) is -3.84. The van der Waals surface area contributed by atoms with E-state index in [4.69, 9.17) is 17.0 Å². The second-order valence-corrected chi connectivity index (χ2v) is 5.77. The van der Waals surface area contributed by atoms with E-state index < -0.39 is 11.9 Å². The number of alkyl halides is 3. The van der Waals surface area contributed by atoms with Gasteiger partial charge in [0.05, 0.1) is 7.11 Å². The lowest BCUT2D eigenvalue weighted by Crippen LogP contribution is -2.29. The second-order valence-electron chi connectivity index (χ2n) is 5.36. The molecular formula is C16H19F3N4OS. The Morgan fingerprint density at radius 1 is 1.32 bits per heavy atom. The number of aromatic nitrogens is 2. The van der Waals surface area contributed by atoms with Gasteiger partial charge in [-0.15, -0.1) is 0 Å². The average molecular weight is 372 g/mol. The SMILES string of the molecule is COc1cccc(NC(=S)NCCCn2nc(C(F)(F)F)cc2C)c1. The zero-order valence-corrected chi connectivity index (χ0v) is 14.7. The number of benzene rings is 1. The summed E-state index contributed by atoms with van der Waals surface area (Å²) < 4.78 is 44.3. The van der Waals surface area contributed by atoms with E-state index in [1.807, 2.05) is 18.2 Å². The van der Waals surface area contributed by atoms with Crippen molar-refractivity contribution in [1.29, 1.82) is 0 Å². The molecule has 0 bridgehead atoms. The Bertz CT molecular complexity index is 730. The van der Waals surface area contributed by atoms with Crippen LogP contribution >= 0.6 is 12.2 Å². The lowest BCUT2D eigenvalue weighted by atomic mass is 10.3. The Hall–Kier alpha value is -2.29. The first-order valence-corrected chi connectivity index (χ1v) is 8.01. The van der Waals surface area contributed by atoms with Crippen molar-refractivity contribution >= 4 is 23.0 Å². The average Bonchev–Trinajstić information content (AvgIpc) is 2.93. The van der Waals surface area contributed by atoms with Crippen molar-refractivity contribution in [1.82, 2.24) is 15.1 Å². The van der Waals surface area contributed by atoms with Crippen molar-refractivity contribution in [2.75, 3.05) is 19.0 Å². The smallest absolute Gasteiger partial charge is 0.435 e. The van der Waals surface area contributed by atoms with Crippen LogP contribution in [0.4, 0.5) is 18.9 Å². The first kappa shape index (κ1) is 19.0. The van der Waals surface area contributed by atoms with Crippen LogP contribution in [0, 0.1) is 6.92 Å². The molecule has 5 nitrogen and oxygen atoms in total. The van der Waals surface area contributed by atoms with Crippen LogP contribution in [0.3, 0.4) is 0 Å². The van der Waals surface area contributed by atoms with Crippen molar-refractivity contribution in [3.05, 3.63) is 41.7 Å². The predicted molar refractivity (Wildman–Crippen MR) is 93.8 cm³/mol. The fourth-order valence-electron chi connectivity index (χ4n) is 2.18. The predicted octanol–water partition coefficient (Wildman–Crippen LogP) is 3.60. The minimum atomic E-state index is -4.42. The minimum absolute atomic E-state index is 0.372. The third-order valence-corrected chi connectivity index (χ3v) is 3.68. The second kappa shape index (κ2) is 8.19. The van der Waals surface area contributed by atoms with Gasteiger partial charge in [0.15, 0.2) is 10.8 Å². The molecule has 0 fully saturated rings. The Kier molecular flexibility index (Phi) is 6.24. The maximum atomic E-state index is 12.6. The molecule has 0 aliphatic carbocycles. The highest BCUT2D eigenvalue weighted by Gasteiger charge is 2.34. The fraction of sp³-hybridized carbons (Fsp3) is 0.375. The van der Waals surface area contributed by atoms with Crippen LogP contribution in [-0.4, -0.2) is 28.5 Å². The van der Waals surface area contributed by atoms with E-state index in [0.29, 0.717) is 36.1 Å². The van der Waals surface area contributed by atoms with Gasteiger partial charge in [-0.25, -0.2) is 0 Å². The molecule has 136 valence electrons. The molecule has 0 spiro atoms. The first-order valence-electron chi connectivity index (χ1n) is 7.60. The van der Waals surface area contributed by atoms with E-state index in [0.717, 1.165) is 11.8 Å². The number of hydrogen-bond donors (Lipinski definition) is 2. The molecule has 0 aliphatic rings. The van der Waals surface area contributed by atoms with Crippen LogP contribution in [0.25, 0.3) is 0 Å². The maximum Gasteiger partial charge on any atom is 0.435 e. The summed E-state index contributed by atoms with van der Waals surface area (Å²) in [6.45, 7) is 2.48. The van der Waals surface area contributed by atoms with Crippen molar-refractivity contribution in [2.45, 2.75) is 26.1 Å². The topological polar surface area (TPSA) is 51.1 Å². The lowest BCUT2D eigenvalue weighted by Gasteiger charge is -2.11. The zero-order chi connectivity index (χ0) is 18.4. The number of hydrogen-bond acceptors (Lipinski definition) is 3. The van der Waals surface area contributed by atoms with Gasteiger partial charge in [0.2, 0.25) is 0 Å². The van der Waals surface area contributed by atoms with Gasteiger partial charge in [-0.1, -0.05) is 6.07 Å². The van der Waals surface area contributed by atoms with Crippen molar-refractivity contribution < 1.29 is 17.9 Å². The highest BCUT2D eigenvalue weighted by Crippen LogP contribution is 2.28. The largest absolute Gasteiger partial charge is 0.497 e. The zero-order valence-electron chi connectivity index (χ0n) is 13.9. The highest BCUT2D eigenvalue weighted by atomic mass is 32.1. The number of anilines is 1. The van der Waals surface area contributed by atoms with Gasteiger partial charge in [-0.05, 0) is 43.8 Å². The van der Waals surface area contributed by atoms with Crippen LogP contribution in [0.1, 0.15) is 17.8 Å². The third-order valence-electron chi connectivity index (χ3n) is 3.43. The van der Waals surface area contributed by atoms with Crippen molar-refractivity contribution in [3.8, 4) is 5.75 Å². The van der Waals surface area contributed by atoms with Crippen LogP contribution < -0.4 is 15.4 Å². The van der Waals surface area contributed by atoms with Crippen LogP contribution in [0.15, 0.2) is 30.3 Å².